The number of carbonyl (C=O) groups excluding carboxylic acids is 3. The molecule has 2 N–H and O–H groups in total. The first kappa shape index (κ1) is 22.8. The Bertz CT molecular complexity index is 1110. The molecule has 0 aliphatic carbocycles. The number of nitrogens with zero attached hydrogens (tertiary/aromatic N) is 1. The van der Waals surface area contributed by atoms with Crippen molar-refractivity contribution in [2.75, 3.05) is 23.7 Å². The van der Waals surface area contributed by atoms with Gasteiger partial charge >= 0.3 is 0 Å². The Labute approximate surface area is 187 Å². The van der Waals surface area contributed by atoms with Crippen LogP contribution in [0.15, 0.2) is 65.3 Å². The molecule has 0 unspecified atom stereocenters. The summed E-state index contributed by atoms with van der Waals surface area (Å²) >= 11 is 0. The van der Waals surface area contributed by atoms with Crippen molar-refractivity contribution in [3.8, 4) is 0 Å². The Hall–Kier alpha value is -3.87. The summed E-state index contributed by atoms with van der Waals surface area (Å²) < 4.78 is 5.12. The number of aryl methyl sites for hydroxylation is 2. The van der Waals surface area contributed by atoms with Crippen LogP contribution in [-0.2, 0) is 4.79 Å². The van der Waals surface area contributed by atoms with Crippen LogP contribution in [0, 0.1) is 13.8 Å². The molecule has 166 valence electrons. The zero-order valence-corrected chi connectivity index (χ0v) is 18.5. The highest BCUT2D eigenvalue weighted by Gasteiger charge is 2.20. The summed E-state index contributed by atoms with van der Waals surface area (Å²) in [5, 5.41) is 5.64. The van der Waals surface area contributed by atoms with Crippen LogP contribution in [0.2, 0.25) is 0 Å². The molecule has 0 saturated carbocycles. The molecule has 32 heavy (non-hydrogen) atoms. The molecule has 3 rings (SSSR count). The Morgan fingerprint density at radius 2 is 1.66 bits per heavy atom. The molecule has 0 radical (unpaired) electrons. The Morgan fingerprint density at radius 3 is 2.34 bits per heavy atom. The lowest BCUT2D eigenvalue weighted by atomic mass is 10.1. The molecule has 0 fully saturated rings. The molecule has 0 aliphatic rings. The fraction of sp³-hybridized carbons (Fsp3) is 0.240. The lowest BCUT2D eigenvalue weighted by Gasteiger charge is -2.22. The van der Waals surface area contributed by atoms with E-state index >= 15 is 0 Å². The summed E-state index contributed by atoms with van der Waals surface area (Å²) in [5.41, 5.74) is 3.38. The van der Waals surface area contributed by atoms with Gasteiger partial charge in [0.1, 0.15) is 6.54 Å². The van der Waals surface area contributed by atoms with E-state index in [0.717, 1.165) is 16.8 Å². The normalized spacial score (nSPS) is 10.5. The molecule has 0 spiro atoms. The maximum Gasteiger partial charge on any atom is 0.291 e. The monoisotopic (exact) mass is 433 g/mol. The van der Waals surface area contributed by atoms with Crippen LogP contribution in [0.3, 0.4) is 0 Å². The van der Waals surface area contributed by atoms with Crippen LogP contribution in [0.5, 0.6) is 0 Å². The number of para-hydroxylation sites is 1. The molecule has 3 amide bonds. The van der Waals surface area contributed by atoms with E-state index in [9.17, 15) is 14.4 Å². The number of benzene rings is 2. The van der Waals surface area contributed by atoms with Crippen LogP contribution < -0.4 is 10.6 Å². The van der Waals surface area contributed by atoms with Crippen molar-refractivity contribution in [1.29, 1.82) is 0 Å². The quantitative estimate of drug-likeness (QED) is 0.541. The van der Waals surface area contributed by atoms with E-state index in [1.807, 2.05) is 45.0 Å². The highest BCUT2D eigenvalue weighted by atomic mass is 16.3. The molecule has 7 heteroatoms. The van der Waals surface area contributed by atoms with Gasteiger partial charge in [0.15, 0.2) is 5.76 Å². The first-order valence-electron chi connectivity index (χ1n) is 10.5. The number of hydrogen-bond donors (Lipinski definition) is 2. The fourth-order valence-electron chi connectivity index (χ4n) is 3.26. The largest absolute Gasteiger partial charge is 0.459 e. The summed E-state index contributed by atoms with van der Waals surface area (Å²) in [5.74, 6) is -0.757. The number of carbonyl (C=O) groups is 3. The maximum atomic E-state index is 13.2. The number of furan rings is 1. The second kappa shape index (κ2) is 10.4. The minimum Gasteiger partial charge on any atom is -0.459 e. The van der Waals surface area contributed by atoms with Crippen molar-refractivity contribution in [1.82, 2.24) is 4.90 Å². The molecule has 1 heterocycles. The Morgan fingerprint density at radius 1 is 0.906 bits per heavy atom. The third kappa shape index (κ3) is 5.63. The van der Waals surface area contributed by atoms with E-state index in [2.05, 4.69) is 10.6 Å². The van der Waals surface area contributed by atoms with Gasteiger partial charge in [-0.2, -0.15) is 0 Å². The first-order chi connectivity index (χ1) is 15.4. The van der Waals surface area contributed by atoms with Gasteiger partial charge in [-0.3, -0.25) is 14.4 Å². The van der Waals surface area contributed by atoms with Crippen LogP contribution in [0.25, 0.3) is 0 Å². The topological polar surface area (TPSA) is 91.7 Å². The van der Waals surface area contributed by atoms with Gasteiger partial charge < -0.3 is 20.0 Å². The number of rotatable bonds is 8. The van der Waals surface area contributed by atoms with E-state index < -0.39 is 5.91 Å². The van der Waals surface area contributed by atoms with Crippen molar-refractivity contribution in [2.24, 2.45) is 0 Å². The number of hydrogen-bond acceptors (Lipinski definition) is 4. The zero-order valence-electron chi connectivity index (χ0n) is 18.5. The first-order valence-corrected chi connectivity index (χ1v) is 10.5. The molecule has 0 atom stereocenters. The molecular weight excluding hydrogens is 406 g/mol. The molecule has 0 bridgehead atoms. The van der Waals surface area contributed by atoms with Crippen LogP contribution in [-0.4, -0.2) is 35.7 Å². The highest BCUT2D eigenvalue weighted by Crippen LogP contribution is 2.20. The number of amides is 3. The summed E-state index contributed by atoms with van der Waals surface area (Å²) in [4.78, 5) is 39.6. The lowest BCUT2D eigenvalue weighted by Crippen LogP contribution is -2.38. The van der Waals surface area contributed by atoms with Crippen LogP contribution >= 0.6 is 0 Å². The average Bonchev–Trinajstić information content (AvgIpc) is 3.31. The molecule has 0 saturated heterocycles. The van der Waals surface area contributed by atoms with Gasteiger partial charge in [0, 0.05) is 23.5 Å². The molecule has 0 aliphatic heterocycles. The van der Waals surface area contributed by atoms with Crippen molar-refractivity contribution in [3.63, 3.8) is 0 Å². The molecule has 1 aromatic heterocycles. The predicted molar refractivity (Wildman–Crippen MR) is 124 cm³/mol. The van der Waals surface area contributed by atoms with E-state index in [1.165, 1.54) is 11.2 Å². The number of nitrogens with one attached hydrogen (secondary N) is 2. The second-order valence-corrected chi connectivity index (χ2v) is 7.55. The van der Waals surface area contributed by atoms with E-state index in [4.69, 9.17) is 4.42 Å². The molecule has 3 aromatic rings. The SMILES string of the molecule is CCCN(CC(=O)Nc1ccccc1C)C(=O)c1ccc(C)c(NC(=O)c2ccco2)c1. The van der Waals surface area contributed by atoms with Crippen LogP contribution in [0.1, 0.15) is 45.4 Å². The number of anilines is 2. The zero-order chi connectivity index (χ0) is 23.1. The van der Waals surface area contributed by atoms with Gasteiger partial charge in [-0.15, -0.1) is 0 Å². The third-order valence-electron chi connectivity index (χ3n) is 5.01. The minimum atomic E-state index is -0.397. The Balaban J connectivity index is 1.74. The van der Waals surface area contributed by atoms with Gasteiger partial charge in [-0.05, 0) is 61.7 Å². The van der Waals surface area contributed by atoms with Gasteiger partial charge in [-0.25, -0.2) is 0 Å². The maximum absolute atomic E-state index is 13.2. The summed E-state index contributed by atoms with van der Waals surface area (Å²) in [6.45, 7) is 6.07. The summed E-state index contributed by atoms with van der Waals surface area (Å²) in [7, 11) is 0. The van der Waals surface area contributed by atoms with Crippen molar-refractivity contribution in [2.45, 2.75) is 27.2 Å². The van der Waals surface area contributed by atoms with Gasteiger partial charge in [0.2, 0.25) is 5.91 Å². The Kier molecular flexibility index (Phi) is 7.44. The van der Waals surface area contributed by atoms with Crippen molar-refractivity contribution in [3.05, 3.63) is 83.3 Å². The molecule has 7 nitrogen and oxygen atoms in total. The summed E-state index contributed by atoms with van der Waals surface area (Å²) in [6, 6.07) is 15.8. The predicted octanol–water partition coefficient (Wildman–Crippen LogP) is 4.64. The smallest absolute Gasteiger partial charge is 0.291 e. The van der Waals surface area contributed by atoms with E-state index in [1.54, 1.807) is 30.3 Å². The highest BCUT2D eigenvalue weighted by molar-refractivity contribution is 6.04. The van der Waals surface area contributed by atoms with Gasteiger partial charge in [-0.1, -0.05) is 31.2 Å². The van der Waals surface area contributed by atoms with E-state index in [-0.39, 0.29) is 24.1 Å². The standard InChI is InChI=1S/C25H27N3O4/c1-4-13-28(16-23(29)26-20-9-6-5-8-17(20)2)25(31)19-12-11-18(3)21(15-19)27-24(30)22-10-7-14-32-22/h5-12,14-15H,4,13,16H2,1-3H3,(H,26,29)(H,27,30). The third-order valence-corrected chi connectivity index (χ3v) is 5.01. The molecule has 2 aromatic carbocycles. The molecular formula is C25H27N3O4. The average molecular weight is 434 g/mol. The lowest BCUT2D eigenvalue weighted by molar-refractivity contribution is -0.116. The van der Waals surface area contributed by atoms with Gasteiger partial charge in [0.05, 0.1) is 6.26 Å². The summed E-state index contributed by atoms with van der Waals surface area (Å²) in [6.07, 6.45) is 2.13. The van der Waals surface area contributed by atoms with Crippen molar-refractivity contribution < 1.29 is 18.8 Å². The fourth-order valence-corrected chi connectivity index (χ4v) is 3.26. The second-order valence-electron chi connectivity index (χ2n) is 7.55. The minimum absolute atomic E-state index is 0.0665. The van der Waals surface area contributed by atoms with Crippen LogP contribution in [0.4, 0.5) is 11.4 Å². The van der Waals surface area contributed by atoms with Gasteiger partial charge in [0.25, 0.3) is 11.8 Å². The van der Waals surface area contributed by atoms with E-state index in [0.29, 0.717) is 24.2 Å². The van der Waals surface area contributed by atoms with Crippen molar-refractivity contribution >= 4 is 29.1 Å².